The predicted octanol–water partition coefficient (Wildman–Crippen LogP) is -0.0679. The molecular formula is C12H15F2N5O3. The molecular weight excluding hydrogens is 300 g/mol. The van der Waals surface area contributed by atoms with Crippen LogP contribution in [0, 0.1) is 5.41 Å². The molecule has 1 unspecified atom stereocenters. The van der Waals surface area contributed by atoms with Crippen molar-refractivity contribution in [3.05, 3.63) is 12.7 Å². The van der Waals surface area contributed by atoms with Gasteiger partial charge >= 0.3 is 5.92 Å². The number of nitrogens with zero attached hydrogens (tertiary/aromatic N) is 4. The third-order valence-electron chi connectivity index (χ3n) is 4.21. The van der Waals surface area contributed by atoms with Crippen LogP contribution in [0.1, 0.15) is 13.2 Å². The zero-order valence-electron chi connectivity index (χ0n) is 11.6. The molecule has 0 aromatic carbocycles. The van der Waals surface area contributed by atoms with Gasteiger partial charge in [0.15, 0.2) is 11.5 Å². The Morgan fingerprint density at radius 3 is 2.68 bits per heavy atom. The smallest absolute Gasteiger partial charge is 0.302 e. The summed E-state index contributed by atoms with van der Waals surface area (Å²) in [5.74, 6) is -3.39. The number of hydrogen-bond acceptors (Lipinski definition) is 7. The summed E-state index contributed by atoms with van der Waals surface area (Å²) in [7, 11) is 0. The minimum atomic E-state index is -3.46. The lowest BCUT2D eigenvalue weighted by Crippen LogP contribution is -2.47. The van der Waals surface area contributed by atoms with E-state index in [1.54, 1.807) is 0 Å². The third kappa shape index (κ3) is 1.74. The molecule has 1 aliphatic heterocycles. The van der Waals surface area contributed by atoms with E-state index in [-0.39, 0.29) is 17.0 Å². The fraction of sp³-hybridized carbons (Fsp3) is 0.583. The van der Waals surface area contributed by atoms with E-state index in [1.165, 1.54) is 0 Å². The minimum absolute atomic E-state index is 0.0636. The first-order valence-corrected chi connectivity index (χ1v) is 6.55. The highest BCUT2D eigenvalue weighted by atomic mass is 19.3. The van der Waals surface area contributed by atoms with Crippen molar-refractivity contribution < 1.29 is 23.7 Å². The maximum Gasteiger partial charge on any atom is 0.302 e. The van der Waals surface area contributed by atoms with Gasteiger partial charge in [-0.2, -0.15) is 0 Å². The number of fused-ring (bicyclic) bond motifs is 1. The van der Waals surface area contributed by atoms with Crippen molar-refractivity contribution in [1.82, 2.24) is 19.5 Å². The van der Waals surface area contributed by atoms with Gasteiger partial charge in [-0.3, -0.25) is 4.57 Å². The van der Waals surface area contributed by atoms with Gasteiger partial charge in [-0.15, -0.1) is 0 Å². The number of nitrogens with two attached hydrogens (primary N) is 1. The largest absolute Gasteiger partial charge is 0.395 e. The monoisotopic (exact) mass is 315 g/mol. The number of rotatable bonds is 3. The van der Waals surface area contributed by atoms with Crippen LogP contribution in [-0.2, 0) is 4.74 Å². The van der Waals surface area contributed by atoms with Crippen LogP contribution in [0.4, 0.5) is 14.6 Å². The van der Waals surface area contributed by atoms with Crippen molar-refractivity contribution in [2.45, 2.75) is 25.2 Å². The van der Waals surface area contributed by atoms with Gasteiger partial charge in [0.25, 0.3) is 0 Å². The van der Waals surface area contributed by atoms with Gasteiger partial charge in [-0.1, -0.05) is 0 Å². The number of aromatic nitrogens is 4. The second-order valence-corrected chi connectivity index (χ2v) is 5.44. The summed E-state index contributed by atoms with van der Waals surface area (Å²) >= 11 is 0. The molecule has 8 nitrogen and oxygen atoms in total. The highest BCUT2D eigenvalue weighted by molar-refractivity contribution is 5.81. The molecule has 1 aliphatic rings. The molecule has 2 aromatic heterocycles. The molecule has 0 aliphatic carbocycles. The summed E-state index contributed by atoms with van der Waals surface area (Å²) in [6, 6.07) is 0. The molecule has 0 amide bonds. The molecule has 22 heavy (non-hydrogen) atoms. The Labute approximate surface area is 123 Å². The van der Waals surface area contributed by atoms with E-state index in [1.807, 2.05) is 0 Å². The quantitative estimate of drug-likeness (QED) is 0.725. The van der Waals surface area contributed by atoms with Gasteiger partial charge in [0.05, 0.1) is 31.1 Å². The number of alkyl halides is 2. The SMILES string of the molecule is CC1(CO)[C@@H](CO)O[C@@H](n2cnc3c(N)ncnc32)C1(F)F. The molecule has 3 rings (SSSR count). The van der Waals surface area contributed by atoms with Crippen LogP contribution in [0.3, 0.4) is 0 Å². The van der Waals surface area contributed by atoms with E-state index in [0.717, 1.165) is 24.1 Å². The number of nitrogen functional groups attached to an aromatic ring is 1. The molecule has 0 bridgehead atoms. The Balaban J connectivity index is 2.13. The predicted molar refractivity (Wildman–Crippen MR) is 70.9 cm³/mol. The van der Waals surface area contributed by atoms with Gasteiger partial charge < -0.3 is 20.7 Å². The first-order chi connectivity index (χ1) is 10.4. The number of aliphatic hydroxyl groups excluding tert-OH is 2. The maximum atomic E-state index is 14.8. The lowest BCUT2D eigenvalue weighted by molar-refractivity contribution is -0.152. The molecule has 3 heterocycles. The molecule has 0 spiro atoms. The highest BCUT2D eigenvalue weighted by Crippen LogP contribution is 2.54. The zero-order chi connectivity index (χ0) is 16.1. The zero-order valence-corrected chi connectivity index (χ0v) is 11.6. The molecule has 1 fully saturated rings. The summed E-state index contributed by atoms with van der Waals surface area (Å²) in [6.07, 6.45) is -0.723. The number of ether oxygens (including phenoxy) is 1. The fourth-order valence-corrected chi connectivity index (χ4v) is 2.62. The molecule has 0 saturated carbocycles. The Morgan fingerprint density at radius 1 is 1.36 bits per heavy atom. The highest BCUT2D eigenvalue weighted by Gasteiger charge is 2.67. The number of halogens is 2. The van der Waals surface area contributed by atoms with Gasteiger partial charge in [0.1, 0.15) is 11.8 Å². The standard InChI is InChI=1S/C12H15F2N5O3/c1-11(3-21)6(2-20)22-10(12(11,13)14)19-5-18-7-8(15)16-4-17-9(7)19/h4-6,10,20-21H,2-3H2,1H3,(H2,15,16,17)/t6-,10-,11?/m1/s1. The van der Waals surface area contributed by atoms with Crippen molar-refractivity contribution in [1.29, 1.82) is 0 Å². The van der Waals surface area contributed by atoms with E-state index >= 15 is 0 Å². The Morgan fingerprint density at radius 2 is 2.09 bits per heavy atom. The van der Waals surface area contributed by atoms with Crippen molar-refractivity contribution in [3.63, 3.8) is 0 Å². The first-order valence-electron chi connectivity index (χ1n) is 6.55. The Kier molecular flexibility index (Phi) is 3.27. The van der Waals surface area contributed by atoms with Crippen LogP contribution in [0.2, 0.25) is 0 Å². The molecule has 4 N–H and O–H groups in total. The second-order valence-electron chi connectivity index (χ2n) is 5.44. The summed E-state index contributed by atoms with van der Waals surface area (Å²) < 4.78 is 35.9. The Bertz CT molecular complexity index is 709. The van der Waals surface area contributed by atoms with Gasteiger partial charge in [-0.25, -0.2) is 23.7 Å². The summed E-state index contributed by atoms with van der Waals surface area (Å²) in [5, 5.41) is 18.7. The molecule has 3 atom stereocenters. The maximum absolute atomic E-state index is 14.8. The van der Waals surface area contributed by atoms with E-state index in [0.29, 0.717) is 0 Å². The average molecular weight is 315 g/mol. The van der Waals surface area contributed by atoms with Gasteiger partial charge in [0, 0.05) is 0 Å². The van der Waals surface area contributed by atoms with Crippen LogP contribution in [0.5, 0.6) is 0 Å². The van der Waals surface area contributed by atoms with Crippen LogP contribution >= 0.6 is 0 Å². The number of anilines is 1. The van der Waals surface area contributed by atoms with Crippen molar-refractivity contribution in [3.8, 4) is 0 Å². The van der Waals surface area contributed by atoms with Crippen molar-refractivity contribution >= 4 is 17.0 Å². The van der Waals surface area contributed by atoms with Crippen LogP contribution in [0.25, 0.3) is 11.2 Å². The Hall–Kier alpha value is -1.91. The van der Waals surface area contributed by atoms with Gasteiger partial charge in [-0.05, 0) is 6.92 Å². The molecule has 2 aromatic rings. The normalized spacial score (nSPS) is 31.0. The minimum Gasteiger partial charge on any atom is -0.395 e. The second kappa shape index (κ2) is 4.80. The lowest BCUT2D eigenvalue weighted by Gasteiger charge is -2.32. The topological polar surface area (TPSA) is 119 Å². The van der Waals surface area contributed by atoms with Crippen LogP contribution in [-0.4, -0.2) is 55.0 Å². The molecule has 10 heteroatoms. The van der Waals surface area contributed by atoms with Crippen LogP contribution < -0.4 is 5.73 Å². The van der Waals surface area contributed by atoms with E-state index in [2.05, 4.69) is 15.0 Å². The molecule has 120 valence electrons. The first kappa shape index (κ1) is 15.0. The lowest BCUT2D eigenvalue weighted by atomic mass is 9.80. The molecule has 0 radical (unpaired) electrons. The summed E-state index contributed by atoms with van der Waals surface area (Å²) in [6.45, 7) is -0.325. The van der Waals surface area contributed by atoms with E-state index in [9.17, 15) is 19.0 Å². The van der Waals surface area contributed by atoms with Crippen molar-refractivity contribution in [2.24, 2.45) is 5.41 Å². The fourth-order valence-electron chi connectivity index (χ4n) is 2.62. The van der Waals surface area contributed by atoms with E-state index in [4.69, 9.17) is 10.5 Å². The number of aliphatic hydroxyl groups is 2. The average Bonchev–Trinajstić information content (AvgIpc) is 2.99. The number of imidazole rings is 1. The van der Waals surface area contributed by atoms with Crippen LogP contribution in [0.15, 0.2) is 12.7 Å². The summed E-state index contributed by atoms with van der Waals surface area (Å²) in [5.41, 5.74) is 3.98. The molecule has 1 saturated heterocycles. The van der Waals surface area contributed by atoms with Gasteiger partial charge in [0.2, 0.25) is 6.23 Å². The van der Waals surface area contributed by atoms with E-state index < -0.39 is 36.9 Å². The number of hydrogen-bond donors (Lipinski definition) is 3. The van der Waals surface area contributed by atoms with Crippen molar-refractivity contribution in [2.75, 3.05) is 18.9 Å². The third-order valence-corrected chi connectivity index (χ3v) is 4.21. The summed E-state index contributed by atoms with van der Waals surface area (Å²) in [4.78, 5) is 11.6.